The molecule has 0 atom stereocenters. The molecule has 0 radical (unpaired) electrons. The van der Waals surface area contributed by atoms with Crippen molar-refractivity contribution in [3.63, 3.8) is 0 Å². The number of esters is 1. The van der Waals surface area contributed by atoms with Gasteiger partial charge in [-0.05, 0) is 6.07 Å². The first kappa shape index (κ1) is 10.3. The minimum Gasteiger partial charge on any atom is -0.481 e. The highest BCUT2D eigenvalue weighted by atomic mass is 16.5. The van der Waals surface area contributed by atoms with Gasteiger partial charge in [-0.1, -0.05) is 0 Å². The van der Waals surface area contributed by atoms with Crippen LogP contribution in [0.1, 0.15) is 10.4 Å². The Hall–Kier alpha value is -1.78. The van der Waals surface area contributed by atoms with Gasteiger partial charge in [-0.15, -0.1) is 0 Å². The van der Waals surface area contributed by atoms with Gasteiger partial charge in [-0.2, -0.15) is 4.98 Å². The molecule has 0 aliphatic heterocycles. The van der Waals surface area contributed by atoms with Crippen molar-refractivity contribution < 1.29 is 14.3 Å². The lowest BCUT2D eigenvalue weighted by molar-refractivity contribution is 0.0601. The van der Waals surface area contributed by atoms with Crippen LogP contribution in [0.5, 0.6) is 5.88 Å². The number of rotatable bonds is 3. The third-order valence-corrected chi connectivity index (χ3v) is 1.72. The van der Waals surface area contributed by atoms with Crippen molar-refractivity contribution in [2.75, 3.05) is 26.6 Å². The van der Waals surface area contributed by atoms with Crippen molar-refractivity contribution in [3.8, 4) is 5.88 Å². The van der Waals surface area contributed by atoms with Crippen molar-refractivity contribution in [1.29, 1.82) is 0 Å². The largest absolute Gasteiger partial charge is 0.481 e. The van der Waals surface area contributed by atoms with Crippen LogP contribution in [0.2, 0.25) is 0 Å². The number of ether oxygens (including phenoxy) is 2. The highest BCUT2D eigenvalue weighted by molar-refractivity contribution is 5.94. The van der Waals surface area contributed by atoms with Crippen LogP contribution < -0.4 is 10.1 Å². The monoisotopic (exact) mass is 196 g/mol. The Labute approximate surface area is 82.0 Å². The summed E-state index contributed by atoms with van der Waals surface area (Å²) in [6, 6.07) is 3.20. The molecule has 0 aliphatic rings. The van der Waals surface area contributed by atoms with E-state index in [1.165, 1.54) is 14.2 Å². The smallest absolute Gasteiger partial charge is 0.341 e. The van der Waals surface area contributed by atoms with Gasteiger partial charge in [-0.25, -0.2) is 4.79 Å². The van der Waals surface area contributed by atoms with E-state index in [1.807, 2.05) is 0 Å². The Balaban J connectivity index is 3.11. The summed E-state index contributed by atoms with van der Waals surface area (Å²) in [5, 5.41) is 2.79. The molecule has 1 aromatic rings. The van der Waals surface area contributed by atoms with Crippen LogP contribution >= 0.6 is 0 Å². The standard InChI is InChI=1S/C9H12N2O3/c1-10-8-6(9(12)14-3)4-5-7(11-8)13-2/h4-5H,1-3H3,(H,10,11). The van der Waals surface area contributed by atoms with E-state index < -0.39 is 5.97 Å². The van der Waals surface area contributed by atoms with Gasteiger partial charge in [0, 0.05) is 13.1 Å². The first-order valence-corrected chi connectivity index (χ1v) is 4.04. The minimum atomic E-state index is -0.426. The average Bonchev–Trinajstić information content (AvgIpc) is 2.27. The summed E-state index contributed by atoms with van der Waals surface area (Å²) in [6.07, 6.45) is 0. The van der Waals surface area contributed by atoms with Crippen LogP contribution in [0, 0.1) is 0 Å². The quantitative estimate of drug-likeness (QED) is 0.728. The average molecular weight is 196 g/mol. The number of methoxy groups -OCH3 is 2. The summed E-state index contributed by atoms with van der Waals surface area (Å²) >= 11 is 0. The van der Waals surface area contributed by atoms with Gasteiger partial charge < -0.3 is 14.8 Å². The summed E-state index contributed by atoms with van der Waals surface area (Å²) in [5.41, 5.74) is 0.385. The predicted molar refractivity (Wildman–Crippen MR) is 51.7 cm³/mol. The second-order valence-electron chi connectivity index (χ2n) is 2.49. The summed E-state index contributed by atoms with van der Waals surface area (Å²) in [6.45, 7) is 0. The maximum absolute atomic E-state index is 11.2. The number of hydrogen-bond acceptors (Lipinski definition) is 5. The molecule has 76 valence electrons. The number of carbonyl (C=O) groups is 1. The van der Waals surface area contributed by atoms with E-state index in [4.69, 9.17) is 4.74 Å². The first-order chi connectivity index (χ1) is 6.72. The molecule has 5 heteroatoms. The molecule has 0 bridgehead atoms. The summed E-state index contributed by atoms with van der Waals surface area (Å²) in [7, 11) is 4.51. The van der Waals surface area contributed by atoms with Gasteiger partial charge in [0.25, 0.3) is 0 Å². The van der Waals surface area contributed by atoms with Gasteiger partial charge in [0.1, 0.15) is 11.4 Å². The van der Waals surface area contributed by atoms with Crippen molar-refractivity contribution in [2.45, 2.75) is 0 Å². The van der Waals surface area contributed by atoms with E-state index in [2.05, 4.69) is 15.0 Å². The fourth-order valence-electron chi connectivity index (χ4n) is 1.02. The fraction of sp³-hybridized carbons (Fsp3) is 0.333. The van der Waals surface area contributed by atoms with E-state index in [-0.39, 0.29) is 0 Å². The van der Waals surface area contributed by atoms with Gasteiger partial charge in [-0.3, -0.25) is 0 Å². The van der Waals surface area contributed by atoms with Crippen molar-refractivity contribution in [1.82, 2.24) is 4.98 Å². The van der Waals surface area contributed by atoms with E-state index in [0.717, 1.165) is 0 Å². The van der Waals surface area contributed by atoms with Crippen LogP contribution in [0.4, 0.5) is 5.82 Å². The van der Waals surface area contributed by atoms with Gasteiger partial charge >= 0.3 is 5.97 Å². The molecule has 0 fully saturated rings. The Morgan fingerprint density at radius 1 is 1.43 bits per heavy atom. The summed E-state index contributed by atoms with van der Waals surface area (Å²) in [4.78, 5) is 15.3. The Morgan fingerprint density at radius 2 is 2.14 bits per heavy atom. The number of hydrogen-bond donors (Lipinski definition) is 1. The fourth-order valence-corrected chi connectivity index (χ4v) is 1.02. The number of aromatic nitrogens is 1. The number of carbonyl (C=O) groups excluding carboxylic acids is 1. The van der Waals surface area contributed by atoms with Crippen LogP contribution in [0.25, 0.3) is 0 Å². The van der Waals surface area contributed by atoms with Crippen molar-refractivity contribution >= 4 is 11.8 Å². The Bertz CT molecular complexity index is 339. The van der Waals surface area contributed by atoms with Crippen LogP contribution in [0.15, 0.2) is 12.1 Å². The van der Waals surface area contributed by atoms with Crippen molar-refractivity contribution in [3.05, 3.63) is 17.7 Å². The lowest BCUT2D eigenvalue weighted by atomic mass is 10.2. The first-order valence-electron chi connectivity index (χ1n) is 4.04. The molecule has 14 heavy (non-hydrogen) atoms. The number of nitrogens with one attached hydrogen (secondary N) is 1. The van der Waals surface area contributed by atoms with E-state index in [9.17, 15) is 4.79 Å². The summed E-state index contributed by atoms with van der Waals surface area (Å²) in [5.74, 6) is 0.461. The maximum atomic E-state index is 11.2. The van der Waals surface area contributed by atoms with Crippen molar-refractivity contribution in [2.24, 2.45) is 0 Å². The zero-order valence-corrected chi connectivity index (χ0v) is 8.33. The molecule has 0 aliphatic carbocycles. The molecule has 0 amide bonds. The molecule has 1 rings (SSSR count). The second kappa shape index (κ2) is 4.45. The molecule has 0 aromatic carbocycles. The van der Waals surface area contributed by atoms with Crippen LogP contribution in [-0.2, 0) is 4.74 Å². The summed E-state index contributed by atoms with van der Waals surface area (Å²) < 4.78 is 9.51. The van der Waals surface area contributed by atoms with E-state index in [1.54, 1.807) is 19.2 Å². The zero-order valence-electron chi connectivity index (χ0n) is 8.33. The maximum Gasteiger partial charge on any atom is 0.341 e. The number of anilines is 1. The van der Waals surface area contributed by atoms with Crippen LogP contribution in [0.3, 0.4) is 0 Å². The topological polar surface area (TPSA) is 60.5 Å². The lowest BCUT2D eigenvalue weighted by Gasteiger charge is -2.07. The van der Waals surface area contributed by atoms with E-state index >= 15 is 0 Å². The third-order valence-electron chi connectivity index (χ3n) is 1.72. The molecular weight excluding hydrogens is 184 g/mol. The highest BCUT2D eigenvalue weighted by Gasteiger charge is 2.12. The highest BCUT2D eigenvalue weighted by Crippen LogP contribution is 2.17. The molecule has 1 N–H and O–H groups in total. The van der Waals surface area contributed by atoms with Crippen LogP contribution in [-0.4, -0.2) is 32.2 Å². The lowest BCUT2D eigenvalue weighted by Crippen LogP contribution is -2.07. The Morgan fingerprint density at radius 3 is 2.64 bits per heavy atom. The van der Waals surface area contributed by atoms with Gasteiger partial charge in [0.15, 0.2) is 0 Å². The zero-order chi connectivity index (χ0) is 10.6. The predicted octanol–water partition coefficient (Wildman–Crippen LogP) is 0.918. The molecule has 0 saturated carbocycles. The van der Waals surface area contributed by atoms with Gasteiger partial charge in [0.2, 0.25) is 5.88 Å². The van der Waals surface area contributed by atoms with E-state index in [0.29, 0.717) is 17.3 Å². The molecule has 5 nitrogen and oxygen atoms in total. The normalized spacial score (nSPS) is 9.36. The van der Waals surface area contributed by atoms with Gasteiger partial charge in [0.05, 0.1) is 14.2 Å². The number of pyridine rings is 1. The molecule has 1 heterocycles. The molecule has 0 unspecified atom stereocenters. The SMILES string of the molecule is CNc1nc(OC)ccc1C(=O)OC. The molecular formula is C9H12N2O3. The molecule has 0 spiro atoms. The third kappa shape index (κ3) is 1.93. The molecule has 1 aromatic heterocycles. The number of nitrogens with zero attached hydrogens (tertiary/aromatic N) is 1. The molecule has 0 saturated heterocycles. The minimum absolute atomic E-state index is 0.385. The second-order valence-corrected chi connectivity index (χ2v) is 2.49. The Kier molecular flexibility index (Phi) is 3.28.